The van der Waals surface area contributed by atoms with Crippen LogP contribution in [0, 0.1) is 6.92 Å². The van der Waals surface area contributed by atoms with Gasteiger partial charge in [0.15, 0.2) is 15.0 Å². The second-order valence-electron chi connectivity index (χ2n) is 7.45. The van der Waals surface area contributed by atoms with E-state index in [1.165, 1.54) is 23.5 Å². The summed E-state index contributed by atoms with van der Waals surface area (Å²) in [6.45, 7) is 10.6. The highest BCUT2D eigenvalue weighted by atomic mass is 35.5. The molecule has 0 unspecified atom stereocenters. The fourth-order valence-electron chi connectivity index (χ4n) is 3.42. The van der Waals surface area contributed by atoms with Gasteiger partial charge in [-0.2, -0.15) is 0 Å². The van der Waals surface area contributed by atoms with Crippen molar-refractivity contribution in [2.24, 2.45) is 0 Å². The SMILES string of the molecule is CCN(CC)CCN(C(=O)c1cccc(S(=O)(=O)CC)c1)c1nc2c(C)ccc(Cl)c2s1.Cl. The Kier molecular flexibility index (Phi) is 9.70. The van der Waals surface area contributed by atoms with Crippen molar-refractivity contribution in [2.45, 2.75) is 32.6 Å². The third kappa shape index (κ3) is 6.05. The first-order valence-electron chi connectivity index (χ1n) is 10.6. The van der Waals surface area contributed by atoms with E-state index in [9.17, 15) is 13.2 Å². The zero-order chi connectivity index (χ0) is 23.5. The number of sulfone groups is 1. The van der Waals surface area contributed by atoms with Gasteiger partial charge in [-0.3, -0.25) is 9.69 Å². The number of hydrogen-bond acceptors (Lipinski definition) is 6. The van der Waals surface area contributed by atoms with Crippen molar-refractivity contribution in [3.05, 3.63) is 52.5 Å². The van der Waals surface area contributed by atoms with Crippen molar-refractivity contribution in [2.75, 3.05) is 36.8 Å². The predicted molar refractivity (Wildman–Crippen MR) is 140 cm³/mol. The maximum atomic E-state index is 13.6. The number of amides is 1. The summed E-state index contributed by atoms with van der Waals surface area (Å²) in [6, 6.07) is 9.98. The van der Waals surface area contributed by atoms with Crippen molar-refractivity contribution in [3.8, 4) is 0 Å². The Bertz CT molecular complexity index is 1190. The van der Waals surface area contributed by atoms with E-state index in [4.69, 9.17) is 16.6 Å². The maximum Gasteiger partial charge on any atom is 0.260 e. The first-order chi connectivity index (χ1) is 15.2. The summed E-state index contributed by atoms with van der Waals surface area (Å²) in [7, 11) is -3.42. The quantitative estimate of drug-likeness (QED) is 0.367. The van der Waals surface area contributed by atoms with Crippen LogP contribution >= 0.6 is 35.3 Å². The van der Waals surface area contributed by atoms with Crippen molar-refractivity contribution < 1.29 is 13.2 Å². The lowest BCUT2D eigenvalue weighted by Crippen LogP contribution is -2.39. The minimum absolute atomic E-state index is 0. The molecule has 0 bridgehead atoms. The molecule has 0 radical (unpaired) electrons. The van der Waals surface area contributed by atoms with Gasteiger partial charge in [0.1, 0.15) is 0 Å². The summed E-state index contributed by atoms with van der Waals surface area (Å²) < 4.78 is 25.5. The number of carbonyl (C=O) groups is 1. The smallest absolute Gasteiger partial charge is 0.260 e. The Morgan fingerprint density at radius 1 is 1.09 bits per heavy atom. The number of fused-ring (bicyclic) bond motifs is 1. The van der Waals surface area contributed by atoms with E-state index in [2.05, 4.69) is 18.7 Å². The number of rotatable bonds is 9. The Morgan fingerprint density at radius 3 is 2.39 bits per heavy atom. The fraction of sp³-hybridized carbons (Fsp3) is 0.391. The van der Waals surface area contributed by atoms with Crippen molar-refractivity contribution in [3.63, 3.8) is 0 Å². The number of anilines is 1. The van der Waals surface area contributed by atoms with E-state index in [1.807, 2.05) is 19.1 Å². The van der Waals surface area contributed by atoms with E-state index >= 15 is 0 Å². The molecule has 0 saturated heterocycles. The normalized spacial score (nSPS) is 11.6. The highest BCUT2D eigenvalue weighted by Crippen LogP contribution is 2.36. The number of aryl methyl sites for hydroxylation is 1. The third-order valence-electron chi connectivity index (χ3n) is 5.52. The van der Waals surface area contributed by atoms with Crippen LogP contribution in [0.2, 0.25) is 5.02 Å². The Morgan fingerprint density at radius 2 is 1.79 bits per heavy atom. The van der Waals surface area contributed by atoms with Crippen molar-refractivity contribution >= 4 is 66.4 Å². The summed E-state index contributed by atoms with van der Waals surface area (Å²) in [4.78, 5) is 22.3. The summed E-state index contributed by atoms with van der Waals surface area (Å²) in [5, 5.41) is 1.15. The van der Waals surface area contributed by atoms with E-state index in [0.717, 1.165) is 28.9 Å². The number of hydrogen-bond donors (Lipinski definition) is 0. The fourth-order valence-corrected chi connectivity index (χ4v) is 5.68. The van der Waals surface area contributed by atoms with E-state index < -0.39 is 9.84 Å². The van der Waals surface area contributed by atoms with Crippen LogP contribution in [0.15, 0.2) is 41.3 Å². The van der Waals surface area contributed by atoms with Crippen molar-refractivity contribution in [1.82, 2.24) is 9.88 Å². The first kappa shape index (κ1) is 27.5. The summed E-state index contributed by atoms with van der Waals surface area (Å²) >= 11 is 7.77. The highest BCUT2D eigenvalue weighted by molar-refractivity contribution is 7.91. The minimum atomic E-state index is -3.42. The lowest BCUT2D eigenvalue weighted by molar-refractivity contribution is 0.0983. The van der Waals surface area contributed by atoms with Gasteiger partial charge in [-0.05, 0) is 49.8 Å². The molecule has 33 heavy (non-hydrogen) atoms. The highest BCUT2D eigenvalue weighted by Gasteiger charge is 2.24. The molecule has 180 valence electrons. The number of nitrogens with zero attached hydrogens (tertiary/aromatic N) is 3. The molecule has 3 aromatic rings. The second-order valence-corrected chi connectivity index (χ2v) is 11.1. The molecule has 10 heteroatoms. The van der Waals surface area contributed by atoms with Crippen LogP contribution in [0.5, 0.6) is 0 Å². The zero-order valence-electron chi connectivity index (χ0n) is 19.2. The molecule has 3 rings (SSSR count). The van der Waals surface area contributed by atoms with Crippen LogP contribution in [-0.4, -0.2) is 56.1 Å². The standard InChI is InChI=1S/C23H28ClN3O3S2.ClH/c1-5-26(6-2)13-14-27(23-25-20-16(4)11-12-19(24)21(20)31-23)22(28)17-9-8-10-18(15-17)32(29,30)7-3;/h8-12,15H,5-7,13-14H2,1-4H3;1H. The molecule has 1 aromatic heterocycles. The van der Waals surface area contributed by atoms with Crippen LogP contribution < -0.4 is 4.90 Å². The van der Waals surface area contributed by atoms with Gasteiger partial charge in [0.2, 0.25) is 0 Å². The lowest BCUT2D eigenvalue weighted by atomic mass is 10.2. The largest absolute Gasteiger partial charge is 0.302 e. The number of aromatic nitrogens is 1. The third-order valence-corrected chi connectivity index (χ3v) is 8.79. The van der Waals surface area contributed by atoms with Gasteiger partial charge in [-0.25, -0.2) is 13.4 Å². The molecule has 6 nitrogen and oxygen atoms in total. The topological polar surface area (TPSA) is 70.6 Å². The molecule has 0 aliphatic heterocycles. The molecule has 1 heterocycles. The Balaban J connectivity index is 0.00000385. The molecule has 1 amide bonds. The van der Waals surface area contributed by atoms with E-state index in [1.54, 1.807) is 24.0 Å². The van der Waals surface area contributed by atoms with Gasteiger partial charge < -0.3 is 4.90 Å². The molecule has 0 saturated carbocycles. The average Bonchev–Trinajstić information content (AvgIpc) is 3.25. The van der Waals surface area contributed by atoms with Crippen molar-refractivity contribution in [1.29, 1.82) is 0 Å². The monoisotopic (exact) mass is 529 g/mol. The van der Waals surface area contributed by atoms with E-state index in [-0.39, 0.29) is 29.0 Å². The van der Waals surface area contributed by atoms with Crippen LogP contribution in [0.3, 0.4) is 0 Å². The minimum Gasteiger partial charge on any atom is -0.302 e. The molecular formula is C23H29Cl2N3O3S2. The molecular weight excluding hydrogens is 501 g/mol. The number of carbonyl (C=O) groups excluding carboxylic acids is 1. The van der Waals surface area contributed by atoms with Crippen LogP contribution in [0.25, 0.3) is 10.2 Å². The number of halogens is 2. The average molecular weight is 531 g/mol. The summed E-state index contributed by atoms with van der Waals surface area (Å²) in [5.41, 5.74) is 2.08. The molecule has 0 aliphatic carbocycles. The van der Waals surface area contributed by atoms with Gasteiger partial charge in [-0.1, -0.05) is 55.8 Å². The molecule has 0 N–H and O–H groups in total. The molecule has 0 fully saturated rings. The summed E-state index contributed by atoms with van der Waals surface area (Å²) in [5.74, 6) is -0.301. The molecule has 0 spiro atoms. The number of thiazole rings is 1. The van der Waals surface area contributed by atoms with Gasteiger partial charge in [0, 0.05) is 18.7 Å². The van der Waals surface area contributed by atoms with Gasteiger partial charge >= 0.3 is 0 Å². The van der Waals surface area contributed by atoms with Crippen LogP contribution in [0.1, 0.15) is 36.7 Å². The Labute approximate surface area is 210 Å². The molecule has 0 aliphatic rings. The molecule has 2 aromatic carbocycles. The van der Waals surface area contributed by atoms with Crippen LogP contribution in [0.4, 0.5) is 5.13 Å². The predicted octanol–water partition coefficient (Wildman–Crippen LogP) is 5.46. The van der Waals surface area contributed by atoms with E-state index in [0.29, 0.717) is 28.8 Å². The zero-order valence-corrected chi connectivity index (χ0v) is 22.4. The summed E-state index contributed by atoms with van der Waals surface area (Å²) in [6.07, 6.45) is 0. The number of likely N-dealkylation sites (N-methyl/N-ethyl adjacent to an activating group) is 1. The number of benzene rings is 2. The van der Waals surface area contributed by atoms with Crippen LogP contribution in [-0.2, 0) is 9.84 Å². The first-order valence-corrected chi connectivity index (χ1v) is 13.5. The lowest BCUT2D eigenvalue weighted by Gasteiger charge is -2.25. The second kappa shape index (κ2) is 11.6. The Hall–Kier alpha value is -1.71. The maximum absolute atomic E-state index is 13.6. The van der Waals surface area contributed by atoms with Gasteiger partial charge in [-0.15, -0.1) is 12.4 Å². The van der Waals surface area contributed by atoms with Gasteiger partial charge in [0.25, 0.3) is 5.91 Å². The van der Waals surface area contributed by atoms with Gasteiger partial charge in [0.05, 0.1) is 25.9 Å². The molecule has 0 atom stereocenters.